The number of rotatable bonds is 9. The van der Waals surface area contributed by atoms with Crippen molar-refractivity contribution in [3.8, 4) is 0 Å². The normalized spacial score (nSPS) is 12.5. The molecule has 140 valence electrons. The topological polar surface area (TPSA) is 111 Å². The standard InChI is InChI=1S/C14H18F2N2O6S/c1-9(14(20)17-6-7-23-2)24-12(19)8-18-25(21,22)13-10(15)4-3-5-11(13)16/h3-5,9,18H,6-8H2,1-2H3,(H,17,20)/t9-/m0/s1. The van der Waals surface area contributed by atoms with Crippen LogP contribution in [0, 0.1) is 11.6 Å². The number of carbonyl (C=O) groups excluding carboxylic acids is 2. The summed E-state index contributed by atoms with van der Waals surface area (Å²) in [7, 11) is -3.16. The first kappa shape index (κ1) is 20.9. The highest BCUT2D eigenvalue weighted by Crippen LogP contribution is 2.17. The summed E-state index contributed by atoms with van der Waals surface area (Å²) in [6, 6.07) is 2.53. The highest BCUT2D eigenvalue weighted by Gasteiger charge is 2.25. The van der Waals surface area contributed by atoms with Gasteiger partial charge in [0.15, 0.2) is 11.0 Å². The molecule has 25 heavy (non-hydrogen) atoms. The summed E-state index contributed by atoms with van der Waals surface area (Å²) in [5.74, 6) is -4.29. The molecule has 0 bridgehead atoms. The predicted molar refractivity (Wildman–Crippen MR) is 82.0 cm³/mol. The minimum absolute atomic E-state index is 0.205. The molecule has 1 atom stereocenters. The Balaban J connectivity index is 2.59. The summed E-state index contributed by atoms with van der Waals surface area (Å²) in [5, 5.41) is 2.42. The number of carbonyl (C=O) groups is 2. The van der Waals surface area contributed by atoms with E-state index < -0.39 is 51.1 Å². The molecular weight excluding hydrogens is 362 g/mol. The molecule has 0 saturated carbocycles. The predicted octanol–water partition coefficient (Wildman–Crippen LogP) is -0.0626. The van der Waals surface area contributed by atoms with Crippen LogP contribution in [0.5, 0.6) is 0 Å². The third-order valence-electron chi connectivity index (χ3n) is 2.88. The molecule has 0 aliphatic carbocycles. The fraction of sp³-hybridized carbons (Fsp3) is 0.429. The largest absolute Gasteiger partial charge is 0.452 e. The number of sulfonamides is 1. The number of hydrogen-bond donors (Lipinski definition) is 2. The van der Waals surface area contributed by atoms with Gasteiger partial charge in [-0.1, -0.05) is 6.07 Å². The van der Waals surface area contributed by atoms with Gasteiger partial charge in [-0.25, -0.2) is 17.2 Å². The number of amides is 1. The molecule has 0 unspecified atom stereocenters. The summed E-state index contributed by atoms with van der Waals surface area (Å²) >= 11 is 0. The second kappa shape index (κ2) is 9.39. The molecule has 0 aromatic heterocycles. The van der Waals surface area contributed by atoms with Crippen molar-refractivity contribution in [1.29, 1.82) is 0 Å². The van der Waals surface area contributed by atoms with Gasteiger partial charge in [-0.2, -0.15) is 4.72 Å². The van der Waals surface area contributed by atoms with Gasteiger partial charge in [0, 0.05) is 13.7 Å². The summed E-state index contributed by atoms with van der Waals surface area (Å²) in [4.78, 5) is 22.0. The van der Waals surface area contributed by atoms with Crippen LogP contribution in [0.15, 0.2) is 23.1 Å². The van der Waals surface area contributed by atoms with Crippen LogP contribution in [0.3, 0.4) is 0 Å². The molecule has 1 aromatic rings. The van der Waals surface area contributed by atoms with Crippen LogP contribution in [-0.4, -0.2) is 53.2 Å². The molecule has 1 amide bonds. The lowest BCUT2D eigenvalue weighted by atomic mass is 10.3. The molecule has 0 fully saturated rings. The van der Waals surface area contributed by atoms with Crippen molar-refractivity contribution in [3.05, 3.63) is 29.8 Å². The summed E-state index contributed by atoms with van der Waals surface area (Å²) in [6.45, 7) is 0.855. The molecule has 0 radical (unpaired) electrons. The van der Waals surface area contributed by atoms with Crippen LogP contribution in [0.2, 0.25) is 0 Å². The molecule has 11 heteroatoms. The molecule has 0 aliphatic heterocycles. The molecule has 2 N–H and O–H groups in total. The number of ether oxygens (including phenoxy) is 2. The lowest BCUT2D eigenvalue weighted by Crippen LogP contribution is -2.39. The van der Waals surface area contributed by atoms with Crippen LogP contribution >= 0.6 is 0 Å². The van der Waals surface area contributed by atoms with E-state index in [1.165, 1.54) is 14.0 Å². The van der Waals surface area contributed by atoms with Gasteiger partial charge in [-0.15, -0.1) is 0 Å². The van der Waals surface area contributed by atoms with E-state index in [1.54, 1.807) is 4.72 Å². The third-order valence-corrected chi connectivity index (χ3v) is 4.33. The zero-order valence-electron chi connectivity index (χ0n) is 13.5. The Hall–Kier alpha value is -2.11. The van der Waals surface area contributed by atoms with Crippen molar-refractivity contribution in [3.63, 3.8) is 0 Å². The van der Waals surface area contributed by atoms with Gasteiger partial charge in [-0.3, -0.25) is 9.59 Å². The van der Waals surface area contributed by atoms with Crippen LogP contribution in [-0.2, 0) is 29.1 Å². The molecule has 0 aliphatic rings. The van der Waals surface area contributed by atoms with Crippen molar-refractivity contribution < 1.29 is 36.3 Å². The van der Waals surface area contributed by atoms with Gasteiger partial charge in [0.1, 0.15) is 18.2 Å². The van der Waals surface area contributed by atoms with Gasteiger partial charge in [-0.05, 0) is 19.1 Å². The Kier molecular flexibility index (Phi) is 7.87. The van der Waals surface area contributed by atoms with E-state index in [0.717, 1.165) is 18.2 Å². The lowest BCUT2D eigenvalue weighted by molar-refractivity contribution is -0.153. The molecule has 0 heterocycles. The van der Waals surface area contributed by atoms with E-state index >= 15 is 0 Å². The van der Waals surface area contributed by atoms with E-state index in [-0.39, 0.29) is 13.2 Å². The Morgan fingerprint density at radius 3 is 2.40 bits per heavy atom. The van der Waals surface area contributed by atoms with Crippen LogP contribution < -0.4 is 10.0 Å². The Morgan fingerprint density at radius 1 is 1.24 bits per heavy atom. The smallest absolute Gasteiger partial charge is 0.321 e. The minimum atomic E-state index is -4.61. The average Bonchev–Trinajstić information content (AvgIpc) is 2.52. The van der Waals surface area contributed by atoms with Crippen LogP contribution in [0.4, 0.5) is 8.78 Å². The maximum Gasteiger partial charge on any atom is 0.321 e. The van der Waals surface area contributed by atoms with E-state index in [9.17, 15) is 26.8 Å². The molecule has 1 aromatic carbocycles. The van der Waals surface area contributed by atoms with Crippen LogP contribution in [0.1, 0.15) is 6.92 Å². The number of benzene rings is 1. The maximum atomic E-state index is 13.5. The quantitative estimate of drug-likeness (QED) is 0.459. The van der Waals surface area contributed by atoms with E-state index in [4.69, 9.17) is 9.47 Å². The van der Waals surface area contributed by atoms with Gasteiger partial charge in [0.2, 0.25) is 10.0 Å². The third kappa shape index (κ3) is 6.36. The Bertz CT molecular complexity index is 706. The first-order chi connectivity index (χ1) is 11.7. The van der Waals surface area contributed by atoms with Crippen molar-refractivity contribution in [2.75, 3.05) is 26.8 Å². The highest BCUT2D eigenvalue weighted by molar-refractivity contribution is 7.89. The summed E-state index contributed by atoms with van der Waals surface area (Å²) in [6.07, 6.45) is -1.18. The average molecular weight is 380 g/mol. The molecule has 1 rings (SSSR count). The molecule has 8 nitrogen and oxygen atoms in total. The number of hydrogen-bond acceptors (Lipinski definition) is 6. The van der Waals surface area contributed by atoms with Gasteiger partial charge >= 0.3 is 5.97 Å². The van der Waals surface area contributed by atoms with Crippen molar-refractivity contribution in [2.24, 2.45) is 0 Å². The van der Waals surface area contributed by atoms with E-state index in [0.29, 0.717) is 0 Å². The van der Waals surface area contributed by atoms with Crippen molar-refractivity contribution in [1.82, 2.24) is 10.0 Å². The van der Waals surface area contributed by atoms with Gasteiger partial charge in [0.25, 0.3) is 5.91 Å². The summed E-state index contributed by atoms with van der Waals surface area (Å²) in [5.41, 5.74) is 0. The first-order valence-corrected chi connectivity index (χ1v) is 8.57. The molecule has 0 spiro atoms. The van der Waals surface area contributed by atoms with Crippen molar-refractivity contribution >= 4 is 21.9 Å². The highest BCUT2D eigenvalue weighted by atomic mass is 32.2. The van der Waals surface area contributed by atoms with E-state index in [2.05, 4.69) is 5.32 Å². The monoisotopic (exact) mass is 380 g/mol. The minimum Gasteiger partial charge on any atom is -0.452 e. The number of methoxy groups -OCH3 is 1. The SMILES string of the molecule is COCCNC(=O)[C@H](C)OC(=O)CNS(=O)(=O)c1c(F)cccc1F. The van der Waals surface area contributed by atoms with Crippen molar-refractivity contribution in [2.45, 2.75) is 17.9 Å². The van der Waals surface area contributed by atoms with E-state index in [1.807, 2.05) is 0 Å². The lowest BCUT2D eigenvalue weighted by Gasteiger charge is -2.14. The summed E-state index contributed by atoms with van der Waals surface area (Å²) < 4.78 is 61.9. The zero-order chi connectivity index (χ0) is 19.0. The number of halogens is 2. The second-order valence-electron chi connectivity index (χ2n) is 4.79. The van der Waals surface area contributed by atoms with Gasteiger partial charge in [0.05, 0.1) is 6.61 Å². The van der Waals surface area contributed by atoms with Crippen LogP contribution in [0.25, 0.3) is 0 Å². The maximum absolute atomic E-state index is 13.5. The first-order valence-electron chi connectivity index (χ1n) is 7.09. The fourth-order valence-corrected chi connectivity index (χ4v) is 2.78. The van der Waals surface area contributed by atoms with Gasteiger partial charge < -0.3 is 14.8 Å². The molecular formula is C14H18F2N2O6S. The Morgan fingerprint density at radius 2 is 1.84 bits per heavy atom. The zero-order valence-corrected chi connectivity index (χ0v) is 14.4. The second-order valence-corrected chi connectivity index (χ2v) is 6.50. The number of nitrogens with one attached hydrogen (secondary N) is 2. The molecule has 0 saturated heterocycles. The fourth-order valence-electron chi connectivity index (χ4n) is 1.68. The Labute approximate surface area is 143 Å². The number of esters is 1.